The third kappa shape index (κ3) is 5.27. The van der Waals surface area contributed by atoms with Gasteiger partial charge in [-0.2, -0.15) is 0 Å². The zero-order valence-corrected chi connectivity index (χ0v) is 16.8. The number of nitrogens with one attached hydrogen (secondary N) is 3. The van der Waals surface area contributed by atoms with Crippen molar-refractivity contribution in [1.29, 1.82) is 0 Å². The molecule has 0 fully saturated rings. The Kier molecular flexibility index (Phi) is 6.05. The predicted octanol–water partition coefficient (Wildman–Crippen LogP) is 2.97. The van der Waals surface area contributed by atoms with Gasteiger partial charge in [0.1, 0.15) is 5.69 Å². The number of rotatable bonds is 6. The van der Waals surface area contributed by atoms with Crippen molar-refractivity contribution in [1.82, 2.24) is 4.72 Å². The Hall–Kier alpha value is -2.98. The van der Waals surface area contributed by atoms with Gasteiger partial charge in [-0.25, -0.2) is 13.1 Å². The van der Waals surface area contributed by atoms with E-state index < -0.39 is 26.4 Å². The van der Waals surface area contributed by atoms with Gasteiger partial charge in [-0.3, -0.25) is 14.9 Å². The number of benzene rings is 2. The van der Waals surface area contributed by atoms with Gasteiger partial charge in [-0.05, 0) is 51.1 Å². The predicted molar refractivity (Wildman–Crippen MR) is 107 cm³/mol. The molecule has 0 saturated heterocycles. The maximum atomic E-state index is 12.5. The molecule has 0 aliphatic heterocycles. The van der Waals surface area contributed by atoms with Crippen LogP contribution in [0, 0.1) is 10.1 Å². The smallest absolute Gasteiger partial charge is 0.293 e. The molecule has 1 amide bonds. The monoisotopic (exact) mass is 406 g/mol. The van der Waals surface area contributed by atoms with Gasteiger partial charge in [0.05, 0.1) is 9.82 Å². The number of nitrogens with zero attached hydrogens (tertiary/aromatic N) is 1. The summed E-state index contributed by atoms with van der Waals surface area (Å²) in [6.45, 7) is 5.16. The lowest BCUT2D eigenvalue weighted by Crippen LogP contribution is -2.40. The fourth-order valence-electron chi connectivity index (χ4n) is 2.44. The number of amides is 1. The van der Waals surface area contributed by atoms with Crippen LogP contribution in [0.5, 0.6) is 0 Å². The van der Waals surface area contributed by atoms with Crippen LogP contribution in [0.15, 0.2) is 47.4 Å². The van der Waals surface area contributed by atoms with Gasteiger partial charge in [-0.15, -0.1) is 0 Å². The molecule has 150 valence electrons. The quantitative estimate of drug-likeness (QED) is 0.499. The molecule has 0 aliphatic rings. The molecule has 10 heteroatoms. The van der Waals surface area contributed by atoms with E-state index in [9.17, 15) is 23.3 Å². The van der Waals surface area contributed by atoms with E-state index in [4.69, 9.17) is 0 Å². The molecule has 0 radical (unpaired) electrons. The third-order valence-electron chi connectivity index (χ3n) is 3.57. The molecule has 3 N–H and O–H groups in total. The molecule has 9 nitrogen and oxygen atoms in total. The van der Waals surface area contributed by atoms with Gasteiger partial charge in [-0.1, -0.05) is 6.07 Å². The van der Waals surface area contributed by atoms with Gasteiger partial charge < -0.3 is 10.6 Å². The van der Waals surface area contributed by atoms with Crippen molar-refractivity contribution >= 4 is 33.0 Å². The Morgan fingerprint density at radius 1 is 1.11 bits per heavy atom. The van der Waals surface area contributed by atoms with E-state index in [0.717, 1.165) is 6.07 Å². The first kappa shape index (κ1) is 21.3. The second-order valence-corrected chi connectivity index (χ2v) is 8.76. The molecule has 2 aromatic rings. The Morgan fingerprint density at radius 3 is 2.36 bits per heavy atom. The first-order chi connectivity index (χ1) is 12.9. The SMILES string of the molecule is CNc1ccc(C(=O)Nc2cccc(S(=O)(=O)NC(C)(C)C)c2)cc1[N+](=O)[O-]. The third-order valence-corrected chi connectivity index (χ3v) is 5.32. The summed E-state index contributed by atoms with van der Waals surface area (Å²) in [5.41, 5.74) is -0.288. The van der Waals surface area contributed by atoms with Gasteiger partial charge in [0.25, 0.3) is 11.6 Å². The van der Waals surface area contributed by atoms with E-state index in [2.05, 4.69) is 15.4 Å². The van der Waals surface area contributed by atoms with Crippen molar-refractivity contribution in [3.05, 3.63) is 58.1 Å². The van der Waals surface area contributed by atoms with E-state index in [0.29, 0.717) is 0 Å². The van der Waals surface area contributed by atoms with Crippen LogP contribution in [0.25, 0.3) is 0 Å². The standard InChI is InChI=1S/C18H22N4O5S/c1-18(2,3)21-28(26,27)14-7-5-6-13(11-14)20-17(23)12-8-9-15(19-4)16(10-12)22(24)25/h5-11,19,21H,1-4H3,(H,20,23). The Balaban J connectivity index is 2.28. The Labute approximate surface area is 163 Å². The first-order valence-corrected chi connectivity index (χ1v) is 9.83. The van der Waals surface area contributed by atoms with E-state index >= 15 is 0 Å². The number of nitro groups is 1. The zero-order valence-electron chi connectivity index (χ0n) is 15.9. The molecule has 0 unspecified atom stereocenters. The number of anilines is 2. The Morgan fingerprint density at radius 2 is 1.79 bits per heavy atom. The van der Waals surface area contributed by atoms with Gasteiger partial charge in [0.2, 0.25) is 10.0 Å². The van der Waals surface area contributed by atoms with Crippen LogP contribution in [0.1, 0.15) is 31.1 Å². The lowest BCUT2D eigenvalue weighted by molar-refractivity contribution is -0.384. The average molecular weight is 406 g/mol. The van der Waals surface area contributed by atoms with E-state index in [1.54, 1.807) is 27.8 Å². The van der Waals surface area contributed by atoms with E-state index in [1.807, 2.05) is 0 Å². The van der Waals surface area contributed by atoms with Crippen molar-refractivity contribution < 1.29 is 18.1 Å². The number of sulfonamides is 1. The second-order valence-electron chi connectivity index (χ2n) is 7.08. The van der Waals surface area contributed by atoms with Crippen LogP contribution in [0.3, 0.4) is 0 Å². The number of carbonyl (C=O) groups excluding carboxylic acids is 1. The zero-order chi connectivity index (χ0) is 21.1. The maximum absolute atomic E-state index is 12.5. The molecule has 0 atom stereocenters. The van der Waals surface area contributed by atoms with Crippen LogP contribution >= 0.6 is 0 Å². The summed E-state index contributed by atoms with van der Waals surface area (Å²) >= 11 is 0. The topological polar surface area (TPSA) is 130 Å². The number of carbonyl (C=O) groups is 1. The highest BCUT2D eigenvalue weighted by atomic mass is 32.2. The highest BCUT2D eigenvalue weighted by Gasteiger charge is 2.22. The number of nitro benzene ring substituents is 1. The highest BCUT2D eigenvalue weighted by molar-refractivity contribution is 7.89. The number of hydrogen-bond acceptors (Lipinski definition) is 6. The van der Waals surface area contributed by atoms with E-state index in [1.165, 1.54) is 36.4 Å². The fraction of sp³-hybridized carbons (Fsp3) is 0.278. The van der Waals surface area contributed by atoms with Gasteiger partial charge in [0, 0.05) is 29.9 Å². The molecule has 0 saturated carbocycles. The molecule has 0 aromatic heterocycles. The second kappa shape index (κ2) is 7.95. The van der Waals surface area contributed by atoms with Crippen molar-refractivity contribution in [2.75, 3.05) is 17.7 Å². The molecule has 0 heterocycles. The van der Waals surface area contributed by atoms with Crippen LogP contribution in [-0.2, 0) is 10.0 Å². The molecule has 2 rings (SSSR count). The van der Waals surface area contributed by atoms with Gasteiger partial charge in [0.15, 0.2) is 0 Å². The molecule has 0 bridgehead atoms. The lowest BCUT2D eigenvalue weighted by Gasteiger charge is -2.20. The molecular formula is C18H22N4O5S. The lowest BCUT2D eigenvalue weighted by atomic mass is 10.1. The fourth-order valence-corrected chi connectivity index (χ4v) is 3.91. The minimum atomic E-state index is -3.77. The largest absolute Gasteiger partial charge is 0.383 e. The average Bonchev–Trinajstić information content (AvgIpc) is 2.59. The summed E-state index contributed by atoms with van der Waals surface area (Å²) in [4.78, 5) is 23.0. The normalized spacial score (nSPS) is 11.7. The summed E-state index contributed by atoms with van der Waals surface area (Å²) in [6, 6.07) is 9.79. The van der Waals surface area contributed by atoms with E-state index in [-0.39, 0.29) is 27.5 Å². The molecule has 2 aromatic carbocycles. The summed E-state index contributed by atoms with van der Waals surface area (Å²) < 4.78 is 27.4. The van der Waals surface area contributed by atoms with Crippen molar-refractivity contribution in [2.24, 2.45) is 0 Å². The minimum Gasteiger partial charge on any atom is -0.383 e. The van der Waals surface area contributed by atoms with Crippen molar-refractivity contribution in [3.8, 4) is 0 Å². The maximum Gasteiger partial charge on any atom is 0.293 e. The molecule has 28 heavy (non-hydrogen) atoms. The molecular weight excluding hydrogens is 384 g/mol. The van der Waals surface area contributed by atoms with Crippen LogP contribution in [0.4, 0.5) is 17.1 Å². The van der Waals surface area contributed by atoms with Crippen molar-refractivity contribution in [3.63, 3.8) is 0 Å². The summed E-state index contributed by atoms with van der Waals surface area (Å²) in [6.07, 6.45) is 0. The van der Waals surface area contributed by atoms with Crippen LogP contribution < -0.4 is 15.4 Å². The number of hydrogen-bond donors (Lipinski definition) is 3. The Bertz CT molecular complexity index is 1010. The first-order valence-electron chi connectivity index (χ1n) is 8.34. The minimum absolute atomic E-state index is 0.00302. The van der Waals surface area contributed by atoms with Crippen molar-refractivity contribution in [2.45, 2.75) is 31.2 Å². The summed E-state index contributed by atoms with van der Waals surface area (Å²) in [7, 11) is -2.23. The van der Waals surface area contributed by atoms with Gasteiger partial charge >= 0.3 is 0 Å². The summed E-state index contributed by atoms with van der Waals surface area (Å²) in [5, 5.41) is 16.4. The van der Waals surface area contributed by atoms with Crippen LogP contribution in [-0.4, -0.2) is 31.8 Å². The summed E-state index contributed by atoms with van der Waals surface area (Å²) in [5.74, 6) is -0.593. The highest BCUT2D eigenvalue weighted by Crippen LogP contribution is 2.26. The molecule has 0 aliphatic carbocycles. The van der Waals surface area contributed by atoms with Crippen LogP contribution in [0.2, 0.25) is 0 Å². The molecule has 0 spiro atoms.